The Kier molecular flexibility index (Phi) is 6.31. The molecule has 0 unspecified atom stereocenters. The fourth-order valence-corrected chi connectivity index (χ4v) is 6.43. The summed E-state index contributed by atoms with van der Waals surface area (Å²) in [7, 11) is 0. The fraction of sp³-hybridized carbons (Fsp3) is 0.577. The van der Waals surface area contributed by atoms with Crippen LogP contribution in [0.5, 0.6) is 0 Å². The predicted octanol–water partition coefficient (Wildman–Crippen LogP) is 3.79. The van der Waals surface area contributed by atoms with Crippen molar-refractivity contribution < 1.29 is 19.1 Å². The van der Waals surface area contributed by atoms with Crippen LogP contribution in [-0.2, 0) is 19.1 Å². The van der Waals surface area contributed by atoms with Crippen LogP contribution in [-0.4, -0.2) is 52.5 Å². The minimum Gasteiger partial charge on any atom is -0.359 e. The van der Waals surface area contributed by atoms with Crippen molar-refractivity contribution in [3.8, 4) is 0 Å². The summed E-state index contributed by atoms with van der Waals surface area (Å²) in [5.41, 5.74) is -0.448. The second-order valence-corrected chi connectivity index (χ2v) is 11.0. The van der Waals surface area contributed by atoms with Gasteiger partial charge >= 0.3 is 0 Å². The lowest BCUT2D eigenvalue weighted by Crippen LogP contribution is -2.58. The van der Waals surface area contributed by atoms with E-state index in [0.717, 1.165) is 30.2 Å². The molecular weight excluding hydrogens is 498 g/mol. The number of benzene rings is 1. The van der Waals surface area contributed by atoms with E-state index in [9.17, 15) is 14.4 Å². The first kappa shape index (κ1) is 23.5. The van der Waals surface area contributed by atoms with E-state index in [1.807, 2.05) is 50.3 Å². The van der Waals surface area contributed by atoms with E-state index in [1.165, 1.54) is 6.42 Å². The number of hydrogen-bond donors (Lipinski definition) is 2. The zero-order chi connectivity index (χ0) is 24.0. The molecule has 3 amide bonds. The average molecular weight is 530 g/mol. The molecule has 1 saturated carbocycles. The average Bonchev–Trinajstić information content (AvgIpc) is 3.48. The van der Waals surface area contributed by atoms with Crippen molar-refractivity contribution in [1.29, 1.82) is 0 Å². The largest absolute Gasteiger partial charge is 0.359 e. The maximum Gasteiger partial charge on any atom is 0.246 e. The Morgan fingerprint density at radius 3 is 2.56 bits per heavy atom. The fourth-order valence-electron chi connectivity index (χ4n) is 6.16. The van der Waals surface area contributed by atoms with E-state index in [4.69, 9.17) is 4.74 Å². The molecule has 3 fully saturated rings. The van der Waals surface area contributed by atoms with Gasteiger partial charge in [-0.25, -0.2) is 0 Å². The van der Waals surface area contributed by atoms with E-state index in [-0.39, 0.29) is 29.8 Å². The Morgan fingerprint density at radius 1 is 1.18 bits per heavy atom. The summed E-state index contributed by atoms with van der Waals surface area (Å²) in [5, 5.41) is 6.17. The summed E-state index contributed by atoms with van der Waals surface area (Å²) < 4.78 is 7.30. The van der Waals surface area contributed by atoms with Crippen molar-refractivity contribution in [2.24, 2.45) is 11.8 Å². The van der Waals surface area contributed by atoms with Crippen molar-refractivity contribution in [3.05, 3.63) is 40.9 Å². The molecule has 34 heavy (non-hydrogen) atoms. The maximum atomic E-state index is 13.8. The van der Waals surface area contributed by atoms with E-state index < -0.39 is 29.6 Å². The summed E-state index contributed by atoms with van der Waals surface area (Å²) in [6, 6.07) is 6.55. The Labute approximate surface area is 208 Å². The van der Waals surface area contributed by atoms with Gasteiger partial charge in [0.15, 0.2) is 0 Å². The molecule has 6 atom stereocenters. The molecule has 1 spiro atoms. The van der Waals surface area contributed by atoms with Gasteiger partial charge in [0.05, 0.1) is 17.9 Å². The number of rotatable bonds is 6. The van der Waals surface area contributed by atoms with Crippen LogP contribution in [0.15, 0.2) is 40.9 Å². The van der Waals surface area contributed by atoms with Gasteiger partial charge in [0.2, 0.25) is 17.7 Å². The number of hydrogen-bond acceptors (Lipinski definition) is 4. The Hall–Kier alpha value is -2.19. The molecule has 1 aromatic carbocycles. The number of anilines is 1. The van der Waals surface area contributed by atoms with Crippen LogP contribution in [0.25, 0.3) is 0 Å². The van der Waals surface area contributed by atoms with Crippen molar-refractivity contribution in [2.75, 3.05) is 5.32 Å². The molecule has 0 radical (unpaired) electrons. The summed E-state index contributed by atoms with van der Waals surface area (Å²) in [5.74, 6) is -1.98. The number of halogens is 1. The summed E-state index contributed by atoms with van der Waals surface area (Å²) in [6.45, 7) is 3.97. The van der Waals surface area contributed by atoms with Gasteiger partial charge in [-0.2, -0.15) is 0 Å². The standard InChI is InChI=1S/C26H32BrN3O4/c1-3-15(2)30-22(24(32)29-17-7-5-4-6-8-17)26-14-13-19(34-26)20(21(26)25(30)33)23(31)28-18-11-9-16(27)10-12-18/h9-15,17,19-22H,3-8H2,1-2H3,(H,28,31)(H,29,32)/t15-,19+,20+,21+,22+,26-/m0/s1. The highest BCUT2D eigenvalue weighted by atomic mass is 79.9. The monoisotopic (exact) mass is 529 g/mol. The molecule has 182 valence electrons. The molecule has 8 heteroatoms. The van der Waals surface area contributed by atoms with Gasteiger partial charge < -0.3 is 20.3 Å². The van der Waals surface area contributed by atoms with Crippen LogP contribution in [0.3, 0.4) is 0 Å². The van der Waals surface area contributed by atoms with E-state index in [0.29, 0.717) is 12.1 Å². The van der Waals surface area contributed by atoms with Gasteiger partial charge in [0, 0.05) is 22.2 Å². The van der Waals surface area contributed by atoms with Crippen LogP contribution in [0.1, 0.15) is 52.4 Å². The minimum absolute atomic E-state index is 0.129. The molecule has 4 aliphatic rings. The normalized spacial score (nSPS) is 33.1. The number of amides is 3. The molecule has 3 aliphatic heterocycles. The predicted molar refractivity (Wildman–Crippen MR) is 132 cm³/mol. The van der Waals surface area contributed by atoms with E-state index >= 15 is 0 Å². The molecule has 2 bridgehead atoms. The smallest absolute Gasteiger partial charge is 0.246 e. The number of likely N-dealkylation sites (tertiary alicyclic amines) is 1. The zero-order valence-electron chi connectivity index (χ0n) is 19.6. The Bertz CT molecular complexity index is 1010. The molecule has 1 aliphatic carbocycles. The van der Waals surface area contributed by atoms with Gasteiger partial charge in [-0.3, -0.25) is 14.4 Å². The topological polar surface area (TPSA) is 87.7 Å². The summed E-state index contributed by atoms with van der Waals surface area (Å²) in [6.07, 6.45) is 9.25. The first-order valence-corrected chi connectivity index (χ1v) is 13.2. The van der Waals surface area contributed by atoms with Gasteiger partial charge in [-0.05, 0) is 50.5 Å². The minimum atomic E-state index is -1.11. The number of carbonyl (C=O) groups excluding carboxylic acids is 3. The zero-order valence-corrected chi connectivity index (χ0v) is 21.2. The van der Waals surface area contributed by atoms with E-state index in [1.54, 1.807) is 4.90 Å². The molecule has 2 N–H and O–H groups in total. The van der Waals surface area contributed by atoms with Crippen molar-refractivity contribution >= 4 is 39.3 Å². The molecule has 1 aromatic rings. The lowest BCUT2D eigenvalue weighted by molar-refractivity contribution is -0.143. The van der Waals surface area contributed by atoms with Crippen molar-refractivity contribution in [2.45, 2.75) is 82.2 Å². The number of fused-ring (bicyclic) bond motifs is 1. The lowest BCUT2D eigenvalue weighted by Gasteiger charge is -2.36. The second kappa shape index (κ2) is 9.11. The highest BCUT2D eigenvalue weighted by molar-refractivity contribution is 9.10. The maximum absolute atomic E-state index is 13.8. The SMILES string of the molecule is CC[C@H](C)N1C(=O)[C@H]2[C@H](C(=O)Nc3ccc(Br)cc3)[C@H]3C=C[C@@]2(O3)[C@H]1C(=O)NC1CCCCC1. The second-order valence-electron chi connectivity index (χ2n) is 10.0. The van der Waals surface area contributed by atoms with Gasteiger partial charge in [0.1, 0.15) is 11.6 Å². The number of nitrogens with one attached hydrogen (secondary N) is 2. The third-order valence-electron chi connectivity index (χ3n) is 7.99. The third kappa shape index (κ3) is 3.79. The molecule has 0 aromatic heterocycles. The molecule has 7 nitrogen and oxygen atoms in total. The number of carbonyl (C=O) groups is 3. The van der Waals surface area contributed by atoms with Crippen LogP contribution in [0.4, 0.5) is 5.69 Å². The number of nitrogens with zero attached hydrogens (tertiary/aromatic N) is 1. The summed E-state index contributed by atoms with van der Waals surface area (Å²) in [4.78, 5) is 42.6. The van der Waals surface area contributed by atoms with Crippen LogP contribution >= 0.6 is 15.9 Å². The lowest BCUT2D eigenvalue weighted by atomic mass is 9.74. The van der Waals surface area contributed by atoms with Crippen molar-refractivity contribution in [3.63, 3.8) is 0 Å². The third-order valence-corrected chi connectivity index (χ3v) is 8.52. The number of ether oxygens (including phenoxy) is 1. The summed E-state index contributed by atoms with van der Waals surface area (Å²) >= 11 is 3.40. The quantitative estimate of drug-likeness (QED) is 0.548. The highest BCUT2D eigenvalue weighted by Crippen LogP contribution is 2.55. The van der Waals surface area contributed by atoms with Gasteiger partial charge in [-0.15, -0.1) is 0 Å². The molecule has 5 rings (SSSR count). The van der Waals surface area contributed by atoms with E-state index in [2.05, 4.69) is 26.6 Å². The van der Waals surface area contributed by atoms with Gasteiger partial charge in [0.25, 0.3) is 0 Å². The molecule has 2 saturated heterocycles. The first-order valence-electron chi connectivity index (χ1n) is 12.4. The Morgan fingerprint density at radius 2 is 1.88 bits per heavy atom. The van der Waals surface area contributed by atoms with Gasteiger partial charge in [-0.1, -0.05) is 54.3 Å². The first-order chi connectivity index (χ1) is 16.4. The van der Waals surface area contributed by atoms with Crippen LogP contribution in [0, 0.1) is 11.8 Å². The van der Waals surface area contributed by atoms with Crippen LogP contribution < -0.4 is 10.6 Å². The highest BCUT2D eigenvalue weighted by Gasteiger charge is 2.73. The Balaban J connectivity index is 1.44. The van der Waals surface area contributed by atoms with Crippen molar-refractivity contribution in [1.82, 2.24) is 10.2 Å². The molecular formula is C26H32BrN3O4. The molecule has 3 heterocycles. The van der Waals surface area contributed by atoms with Crippen LogP contribution in [0.2, 0.25) is 0 Å².